The average molecular weight is 393 g/mol. The van der Waals surface area contributed by atoms with Crippen LogP contribution in [0.5, 0.6) is 0 Å². The number of rotatable bonds is 7. The van der Waals surface area contributed by atoms with Crippen molar-refractivity contribution < 1.29 is 18.4 Å². The Morgan fingerprint density at radius 1 is 1.00 bits per heavy atom. The Balaban J connectivity index is 1.88. The van der Waals surface area contributed by atoms with Crippen LogP contribution in [0.3, 0.4) is 0 Å². The summed E-state index contributed by atoms with van der Waals surface area (Å²) in [5.74, 6) is -2.78. The quantitative estimate of drug-likeness (QED) is 0.608. The molecule has 2 rings (SSSR count). The third-order valence-corrected chi connectivity index (χ3v) is 4.15. The van der Waals surface area contributed by atoms with Gasteiger partial charge in [0.25, 0.3) is 11.7 Å². The molecule has 0 heterocycles. The van der Waals surface area contributed by atoms with Crippen LogP contribution in [-0.2, 0) is 6.54 Å². The van der Waals surface area contributed by atoms with E-state index in [1.807, 2.05) is 13.8 Å². The summed E-state index contributed by atoms with van der Waals surface area (Å²) in [6.45, 7) is 4.10. The van der Waals surface area contributed by atoms with Gasteiger partial charge < -0.3 is 16.0 Å². The Hall–Kier alpha value is -2.61. The van der Waals surface area contributed by atoms with Gasteiger partial charge in [-0.05, 0) is 55.8 Å². The minimum atomic E-state index is -2.48. The fraction of sp³-hybridized carbons (Fsp3) is 0.263. The normalized spacial score (nSPS) is 10.7. The third-order valence-electron chi connectivity index (χ3n) is 3.43. The Kier molecular flexibility index (Phi) is 7.60. The summed E-state index contributed by atoms with van der Waals surface area (Å²) in [4.78, 5) is 24.2. The van der Waals surface area contributed by atoms with Gasteiger partial charge in [-0.3, -0.25) is 4.79 Å². The van der Waals surface area contributed by atoms with Crippen molar-refractivity contribution in [3.8, 4) is 0 Å². The van der Waals surface area contributed by atoms with E-state index in [0.29, 0.717) is 34.5 Å². The molecule has 0 bridgehead atoms. The number of thioether (sulfide) groups is 1. The van der Waals surface area contributed by atoms with Crippen molar-refractivity contribution in [2.24, 2.45) is 0 Å². The third kappa shape index (κ3) is 7.26. The number of alkyl halides is 2. The lowest BCUT2D eigenvalue weighted by molar-refractivity contribution is 0.102. The number of benzene rings is 2. The molecule has 0 saturated carbocycles. The molecule has 0 fully saturated rings. The first-order valence-corrected chi connectivity index (χ1v) is 9.21. The van der Waals surface area contributed by atoms with Gasteiger partial charge in [0, 0.05) is 28.7 Å². The molecule has 0 aliphatic carbocycles. The van der Waals surface area contributed by atoms with Gasteiger partial charge in [0.15, 0.2) is 0 Å². The molecular formula is C19H21F2N3O2S. The van der Waals surface area contributed by atoms with Gasteiger partial charge >= 0.3 is 6.03 Å². The maximum atomic E-state index is 12.3. The second-order valence-corrected chi connectivity index (χ2v) is 7.10. The Morgan fingerprint density at radius 2 is 1.63 bits per heavy atom. The molecule has 0 atom stereocenters. The number of urea groups is 1. The van der Waals surface area contributed by atoms with Gasteiger partial charge in [-0.2, -0.15) is 8.78 Å². The van der Waals surface area contributed by atoms with E-state index in [9.17, 15) is 18.4 Å². The second kappa shape index (κ2) is 9.91. The van der Waals surface area contributed by atoms with Crippen LogP contribution in [0.15, 0.2) is 53.4 Å². The van der Waals surface area contributed by atoms with Crippen LogP contribution in [-0.4, -0.2) is 23.7 Å². The lowest BCUT2D eigenvalue weighted by Crippen LogP contribution is -2.39. The predicted octanol–water partition coefficient (Wildman–Crippen LogP) is 4.46. The molecule has 0 aliphatic rings. The van der Waals surface area contributed by atoms with Gasteiger partial charge in [0.1, 0.15) is 0 Å². The first-order chi connectivity index (χ1) is 12.8. The summed E-state index contributed by atoms with van der Waals surface area (Å²) in [7, 11) is 0. The molecule has 8 heteroatoms. The maximum Gasteiger partial charge on any atom is 0.315 e. The zero-order valence-electron chi connectivity index (χ0n) is 15.0. The summed E-state index contributed by atoms with van der Waals surface area (Å²) < 4.78 is 24.6. The summed E-state index contributed by atoms with van der Waals surface area (Å²) in [5.41, 5.74) is 1.84. The minimum Gasteiger partial charge on any atom is -0.336 e. The second-order valence-electron chi connectivity index (χ2n) is 6.04. The molecule has 0 aromatic heterocycles. The van der Waals surface area contributed by atoms with Crippen molar-refractivity contribution >= 4 is 29.4 Å². The molecule has 2 aromatic carbocycles. The molecule has 5 nitrogen and oxygen atoms in total. The molecule has 0 radical (unpaired) electrons. The van der Waals surface area contributed by atoms with Gasteiger partial charge in [-0.15, -0.1) is 0 Å². The topological polar surface area (TPSA) is 70.2 Å². The van der Waals surface area contributed by atoms with E-state index in [1.54, 1.807) is 36.4 Å². The summed E-state index contributed by atoms with van der Waals surface area (Å²) in [6.07, 6.45) is 0. The zero-order valence-corrected chi connectivity index (χ0v) is 15.8. The van der Waals surface area contributed by atoms with Crippen LogP contribution in [0.4, 0.5) is 19.3 Å². The van der Waals surface area contributed by atoms with Gasteiger partial charge in [0.2, 0.25) is 0 Å². The van der Waals surface area contributed by atoms with E-state index in [4.69, 9.17) is 0 Å². The largest absolute Gasteiger partial charge is 0.336 e. The highest BCUT2D eigenvalue weighted by Crippen LogP contribution is 2.26. The van der Waals surface area contributed by atoms with Crippen molar-refractivity contribution in [3.63, 3.8) is 0 Å². The lowest BCUT2D eigenvalue weighted by atomic mass is 10.1. The first kappa shape index (κ1) is 20.7. The fourth-order valence-electron chi connectivity index (χ4n) is 2.19. The standard InChI is InChI=1S/C19H21F2N3O2S/c1-12(2)23-19(26)22-11-13-3-5-14(6-4-13)17(25)24-15-7-9-16(10-8-15)27-18(20)21/h3-10,12,18H,11H2,1-2H3,(H,24,25)(H2,22,23,26). The molecular weight excluding hydrogens is 372 g/mol. The number of halogens is 2. The summed E-state index contributed by atoms with van der Waals surface area (Å²) in [5, 5.41) is 8.17. The molecule has 3 N–H and O–H groups in total. The van der Waals surface area contributed by atoms with E-state index < -0.39 is 5.76 Å². The van der Waals surface area contributed by atoms with Crippen LogP contribution in [0, 0.1) is 0 Å². The molecule has 27 heavy (non-hydrogen) atoms. The van der Waals surface area contributed by atoms with Crippen LogP contribution in [0.1, 0.15) is 29.8 Å². The number of amides is 3. The van der Waals surface area contributed by atoms with Crippen molar-refractivity contribution in [1.29, 1.82) is 0 Å². The van der Waals surface area contributed by atoms with Gasteiger partial charge in [-0.1, -0.05) is 23.9 Å². The molecule has 2 aromatic rings. The monoisotopic (exact) mass is 393 g/mol. The minimum absolute atomic E-state index is 0.0547. The SMILES string of the molecule is CC(C)NC(=O)NCc1ccc(C(=O)Nc2ccc(SC(F)F)cc2)cc1. The number of nitrogens with one attached hydrogen (secondary N) is 3. The molecule has 0 spiro atoms. The number of carbonyl (C=O) groups is 2. The Bertz CT molecular complexity index is 766. The number of carbonyl (C=O) groups excluding carboxylic acids is 2. The van der Waals surface area contributed by atoms with E-state index >= 15 is 0 Å². The highest BCUT2D eigenvalue weighted by molar-refractivity contribution is 7.99. The lowest BCUT2D eigenvalue weighted by Gasteiger charge is -2.10. The highest BCUT2D eigenvalue weighted by atomic mass is 32.2. The van der Waals surface area contributed by atoms with Crippen molar-refractivity contribution in [3.05, 3.63) is 59.7 Å². The number of hydrogen-bond acceptors (Lipinski definition) is 3. The fourth-order valence-corrected chi connectivity index (χ4v) is 2.69. The van der Waals surface area contributed by atoms with Crippen LogP contribution >= 0.6 is 11.8 Å². The van der Waals surface area contributed by atoms with Crippen molar-refractivity contribution in [2.75, 3.05) is 5.32 Å². The van der Waals surface area contributed by atoms with Crippen LogP contribution < -0.4 is 16.0 Å². The first-order valence-electron chi connectivity index (χ1n) is 8.33. The van der Waals surface area contributed by atoms with E-state index in [2.05, 4.69) is 16.0 Å². The highest BCUT2D eigenvalue weighted by Gasteiger charge is 2.08. The van der Waals surface area contributed by atoms with Crippen LogP contribution in [0.25, 0.3) is 0 Å². The molecule has 0 unspecified atom stereocenters. The van der Waals surface area contributed by atoms with Crippen LogP contribution in [0.2, 0.25) is 0 Å². The van der Waals surface area contributed by atoms with E-state index in [0.717, 1.165) is 5.56 Å². The van der Waals surface area contributed by atoms with E-state index in [-0.39, 0.29) is 18.0 Å². The maximum absolute atomic E-state index is 12.3. The molecule has 0 saturated heterocycles. The molecule has 144 valence electrons. The van der Waals surface area contributed by atoms with Gasteiger partial charge in [-0.25, -0.2) is 4.79 Å². The number of hydrogen-bond donors (Lipinski definition) is 3. The zero-order chi connectivity index (χ0) is 19.8. The molecule has 0 aliphatic heterocycles. The summed E-state index contributed by atoms with van der Waals surface area (Å²) >= 11 is 0.453. The number of anilines is 1. The Labute approximate surface area is 160 Å². The smallest absolute Gasteiger partial charge is 0.315 e. The Morgan fingerprint density at radius 3 is 2.19 bits per heavy atom. The van der Waals surface area contributed by atoms with E-state index in [1.165, 1.54) is 12.1 Å². The van der Waals surface area contributed by atoms with Gasteiger partial charge in [0.05, 0.1) is 0 Å². The average Bonchev–Trinajstić information content (AvgIpc) is 2.61. The van der Waals surface area contributed by atoms with Crippen molar-refractivity contribution in [1.82, 2.24) is 10.6 Å². The summed E-state index contributed by atoms with van der Waals surface area (Å²) in [6, 6.07) is 12.9. The molecule has 3 amide bonds. The van der Waals surface area contributed by atoms with Crippen molar-refractivity contribution in [2.45, 2.75) is 37.1 Å². The predicted molar refractivity (Wildman–Crippen MR) is 103 cm³/mol.